The van der Waals surface area contributed by atoms with Crippen molar-refractivity contribution in [2.24, 2.45) is 34.5 Å². The minimum absolute atomic E-state index is 0.0725. The third kappa shape index (κ3) is 4.83. The standard InChI is InChI=1S/C38H52N4O4/c1-37-14-13-29-27(28(37)10-12-34(37)44)9-8-26-22-33(43)32(23-38(26,29)2)40-17-19-41(20-18-40)36(46)31-6-4-16-42(31)35(45)25-7-11-30-24(21-25)5-3-15-39-30/h3,5,7,11,15,21,26-29,31-34,43-44H,4,6,8-10,12-14,16-20,22-23H2,1-2H3/t26-,27-,28-,29-,31-,32-,33-,34-,37-,38-/m0/s1. The first kappa shape index (κ1) is 30.8. The highest BCUT2D eigenvalue weighted by atomic mass is 16.3. The van der Waals surface area contributed by atoms with E-state index >= 15 is 0 Å². The van der Waals surface area contributed by atoms with Gasteiger partial charge in [0.1, 0.15) is 6.04 Å². The maximum absolute atomic E-state index is 13.9. The van der Waals surface area contributed by atoms with Crippen LogP contribution < -0.4 is 0 Å². The Hall–Kier alpha value is -2.55. The lowest BCUT2D eigenvalue weighted by Crippen LogP contribution is -2.62. The number of amides is 2. The second-order valence-corrected chi connectivity index (χ2v) is 16.3. The van der Waals surface area contributed by atoms with Crippen molar-refractivity contribution >= 4 is 22.7 Å². The van der Waals surface area contributed by atoms with Crippen LogP contribution in [0.2, 0.25) is 0 Å². The van der Waals surface area contributed by atoms with E-state index in [4.69, 9.17) is 0 Å². The van der Waals surface area contributed by atoms with Crippen molar-refractivity contribution in [2.75, 3.05) is 32.7 Å². The Labute approximate surface area is 273 Å². The summed E-state index contributed by atoms with van der Waals surface area (Å²) in [6.45, 7) is 8.34. The number of likely N-dealkylation sites (tertiary alicyclic amines) is 1. The summed E-state index contributed by atoms with van der Waals surface area (Å²) in [6, 6.07) is 9.17. The van der Waals surface area contributed by atoms with Crippen LogP contribution in [0.15, 0.2) is 36.5 Å². The molecule has 1 aromatic heterocycles. The molecule has 0 spiro atoms. The molecular formula is C38H52N4O4. The number of hydrogen-bond acceptors (Lipinski definition) is 6. The number of aromatic nitrogens is 1. The minimum atomic E-state index is -0.408. The Morgan fingerprint density at radius 2 is 1.70 bits per heavy atom. The molecule has 2 aromatic rings. The predicted molar refractivity (Wildman–Crippen MR) is 177 cm³/mol. The van der Waals surface area contributed by atoms with Crippen LogP contribution >= 0.6 is 0 Å². The second-order valence-electron chi connectivity index (χ2n) is 16.3. The van der Waals surface area contributed by atoms with Crippen LogP contribution in [-0.4, -0.2) is 98.7 Å². The van der Waals surface area contributed by atoms with Crippen LogP contribution in [0.25, 0.3) is 10.9 Å². The third-order valence-electron chi connectivity index (χ3n) is 14.4. The summed E-state index contributed by atoms with van der Waals surface area (Å²) in [7, 11) is 0. The van der Waals surface area contributed by atoms with E-state index in [-0.39, 0.29) is 40.9 Å². The molecule has 2 N–H and O–H groups in total. The minimum Gasteiger partial charge on any atom is -0.393 e. The summed E-state index contributed by atoms with van der Waals surface area (Å²) < 4.78 is 0. The van der Waals surface area contributed by atoms with Crippen molar-refractivity contribution in [3.8, 4) is 0 Å². The normalized spacial score (nSPS) is 41.2. The molecule has 2 amide bonds. The largest absolute Gasteiger partial charge is 0.393 e. The molecule has 0 bridgehead atoms. The van der Waals surface area contributed by atoms with E-state index in [1.807, 2.05) is 35.2 Å². The number of carbonyl (C=O) groups is 2. The number of rotatable bonds is 3. The van der Waals surface area contributed by atoms with Crippen LogP contribution in [0.1, 0.15) is 88.4 Å². The van der Waals surface area contributed by atoms with Gasteiger partial charge in [0.15, 0.2) is 0 Å². The molecule has 6 aliphatic rings. The average Bonchev–Trinajstić information content (AvgIpc) is 3.68. The van der Waals surface area contributed by atoms with Gasteiger partial charge in [-0.2, -0.15) is 0 Å². The lowest BCUT2D eigenvalue weighted by Gasteiger charge is -2.62. The zero-order valence-corrected chi connectivity index (χ0v) is 27.7. The monoisotopic (exact) mass is 628 g/mol. The Morgan fingerprint density at radius 1 is 0.891 bits per heavy atom. The number of benzene rings is 1. The number of carbonyl (C=O) groups excluding carboxylic acids is 2. The van der Waals surface area contributed by atoms with Gasteiger partial charge in [-0.1, -0.05) is 19.9 Å². The van der Waals surface area contributed by atoms with E-state index in [1.165, 1.54) is 25.7 Å². The molecule has 2 aliphatic heterocycles. The number of aliphatic hydroxyl groups excluding tert-OH is 2. The summed E-state index contributed by atoms with van der Waals surface area (Å²) in [4.78, 5) is 38.1. The molecule has 4 aliphatic carbocycles. The van der Waals surface area contributed by atoms with Crippen molar-refractivity contribution in [3.63, 3.8) is 0 Å². The van der Waals surface area contributed by atoms with Gasteiger partial charge < -0.3 is 20.0 Å². The van der Waals surface area contributed by atoms with Crippen LogP contribution in [0, 0.1) is 34.5 Å². The Balaban J connectivity index is 0.922. The molecule has 3 heterocycles. The van der Waals surface area contributed by atoms with Gasteiger partial charge in [0, 0.05) is 55.9 Å². The predicted octanol–water partition coefficient (Wildman–Crippen LogP) is 4.73. The highest BCUT2D eigenvalue weighted by molar-refractivity contribution is 6.00. The molecule has 8 nitrogen and oxygen atoms in total. The maximum atomic E-state index is 13.9. The summed E-state index contributed by atoms with van der Waals surface area (Å²) in [5.74, 6) is 2.59. The highest BCUT2D eigenvalue weighted by Crippen LogP contribution is 2.66. The van der Waals surface area contributed by atoms with Gasteiger partial charge in [0.25, 0.3) is 5.91 Å². The van der Waals surface area contributed by atoms with E-state index in [0.717, 1.165) is 56.1 Å². The van der Waals surface area contributed by atoms with E-state index < -0.39 is 6.04 Å². The van der Waals surface area contributed by atoms with Crippen LogP contribution in [0.5, 0.6) is 0 Å². The zero-order chi connectivity index (χ0) is 31.8. The topological polar surface area (TPSA) is 97.2 Å². The van der Waals surface area contributed by atoms with Gasteiger partial charge in [-0.15, -0.1) is 0 Å². The zero-order valence-electron chi connectivity index (χ0n) is 27.7. The van der Waals surface area contributed by atoms with E-state index in [9.17, 15) is 19.8 Å². The first-order chi connectivity index (χ1) is 22.2. The fraction of sp³-hybridized carbons (Fsp3) is 0.711. The molecule has 8 rings (SSSR count). The lowest BCUT2D eigenvalue weighted by molar-refractivity contribution is -0.157. The molecule has 1 aromatic carbocycles. The van der Waals surface area contributed by atoms with E-state index in [0.29, 0.717) is 55.3 Å². The quantitative estimate of drug-likeness (QED) is 0.511. The van der Waals surface area contributed by atoms with Crippen molar-refractivity contribution in [2.45, 2.75) is 102 Å². The molecule has 8 heteroatoms. The van der Waals surface area contributed by atoms with Gasteiger partial charge in [0.2, 0.25) is 5.91 Å². The molecule has 248 valence electrons. The molecule has 6 fully saturated rings. The number of piperazine rings is 1. The van der Waals surface area contributed by atoms with Gasteiger partial charge in [-0.3, -0.25) is 19.5 Å². The highest BCUT2D eigenvalue weighted by Gasteiger charge is 2.61. The number of aliphatic hydroxyl groups is 2. The van der Waals surface area contributed by atoms with E-state index in [1.54, 1.807) is 11.1 Å². The van der Waals surface area contributed by atoms with Crippen LogP contribution in [-0.2, 0) is 4.79 Å². The maximum Gasteiger partial charge on any atom is 0.254 e. The fourth-order valence-electron chi connectivity index (χ4n) is 11.7. The first-order valence-corrected chi connectivity index (χ1v) is 18.2. The summed E-state index contributed by atoms with van der Waals surface area (Å²) in [6.07, 6.45) is 11.7. The Kier molecular flexibility index (Phi) is 7.73. The van der Waals surface area contributed by atoms with Crippen molar-refractivity contribution in [1.82, 2.24) is 19.7 Å². The number of pyridine rings is 1. The molecule has 0 radical (unpaired) electrons. The molecule has 2 saturated heterocycles. The third-order valence-corrected chi connectivity index (χ3v) is 14.4. The molecule has 46 heavy (non-hydrogen) atoms. The first-order valence-electron chi connectivity index (χ1n) is 18.2. The lowest BCUT2D eigenvalue weighted by atomic mass is 9.44. The molecule has 0 unspecified atom stereocenters. The average molecular weight is 629 g/mol. The number of hydrogen-bond donors (Lipinski definition) is 2. The smallest absolute Gasteiger partial charge is 0.254 e. The summed E-state index contributed by atoms with van der Waals surface area (Å²) in [5.41, 5.74) is 1.78. The fourth-order valence-corrected chi connectivity index (χ4v) is 11.7. The van der Waals surface area contributed by atoms with Crippen LogP contribution in [0.3, 0.4) is 0 Å². The van der Waals surface area contributed by atoms with Gasteiger partial charge in [0.05, 0.1) is 17.7 Å². The van der Waals surface area contributed by atoms with Crippen molar-refractivity contribution in [1.29, 1.82) is 0 Å². The second kappa shape index (κ2) is 11.6. The number of fused-ring (bicyclic) bond motifs is 6. The SMILES string of the molecule is C[C@]12C[C@H](N3CCN(C(=O)[C@@H]4CCCN4C(=O)c4ccc5ncccc5c4)CC3)[C@@H](O)C[C@@H]1CC[C@@H]1[C@@H]2CC[C@]2(C)[C@@H](O)CC[C@@H]12. The van der Waals surface area contributed by atoms with Gasteiger partial charge >= 0.3 is 0 Å². The molecular weight excluding hydrogens is 576 g/mol. The van der Waals surface area contributed by atoms with E-state index in [2.05, 4.69) is 23.7 Å². The van der Waals surface area contributed by atoms with Crippen molar-refractivity contribution < 1.29 is 19.8 Å². The molecule has 10 atom stereocenters. The van der Waals surface area contributed by atoms with Gasteiger partial charge in [-0.25, -0.2) is 0 Å². The molecule has 4 saturated carbocycles. The summed E-state index contributed by atoms with van der Waals surface area (Å²) in [5, 5.41) is 23.3. The van der Waals surface area contributed by atoms with Crippen LogP contribution in [0.4, 0.5) is 0 Å². The Bertz CT molecular complexity index is 1490. The van der Waals surface area contributed by atoms with Gasteiger partial charge in [-0.05, 0) is 123 Å². The summed E-state index contributed by atoms with van der Waals surface area (Å²) >= 11 is 0. The number of nitrogens with zero attached hydrogens (tertiary/aromatic N) is 4. The van der Waals surface area contributed by atoms with Crippen molar-refractivity contribution in [3.05, 3.63) is 42.1 Å². The Morgan fingerprint density at radius 3 is 2.52 bits per heavy atom.